The average Bonchev–Trinajstić information content (AvgIpc) is 3.03. The van der Waals surface area contributed by atoms with Crippen molar-refractivity contribution in [1.29, 1.82) is 0 Å². The monoisotopic (exact) mass is 381 g/mol. The largest absolute Gasteiger partial charge is 0.454 e. The highest BCUT2D eigenvalue weighted by molar-refractivity contribution is 5.54. The van der Waals surface area contributed by atoms with Gasteiger partial charge >= 0.3 is 6.18 Å². The topological polar surface area (TPSA) is 21.7 Å². The molecule has 0 amide bonds. The van der Waals surface area contributed by atoms with E-state index in [4.69, 9.17) is 9.47 Å². The zero-order chi connectivity index (χ0) is 19.6. The molecule has 0 aromatic heterocycles. The second-order valence-corrected chi connectivity index (χ2v) is 6.58. The lowest BCUT2D eigenvalue weighted by atomic mass is 10.1. The van der Waals surface area contributed by atoms with E-state index in [-0.39, 0.29) is 12.4 Å². The Morgan fingerprint density at radius 2 is 1.85 bits per heavy atom. The average molecular weight is 381 g/mol. The Morgan fingerprint density at radius 3 is 2.56 bits per heavy atom. The van der Waals surface area contributed by atoms with Crippen molar-refractivity contribution in [2.75, 3.05) is 20.4 Å². The van der Waals surface area contributed by atoms with E-state index in [0.717, 1.165) is 29.0 Å². The van der Waals surface area contributed by atoms with E-state index in [1.54, 1.807) is 6.08 Å². The molecule has 0 bridgehead atoms. The first-order valence-electron chi connectivity index (χ1n) is 8.33. The predicted octanol–water partition coefficient (Wildman–Crippen LogP) is 5.11. The van der Waals surface area contributed by atoms with Crippen molar-refractivity contribution < 1.29 is 27.0 Å². The lowest BCUT2D eigenvalue weighted by Gasteiger charge is -2.17. The summed E-state index contributed by atoms with van der Waals surface area (Å²) in [6.45, 7) is 3.20. The first-order chi connectivity index (χ1) is 12.7. The third kappa shape index (κ3) is 4.80. The van der Waals surface area contributed by atoms with Gasteiger partial charge in [-0.2, -0.15) is 13.2 Å². The van der Waals surface area contributed by atoms with Crippen molar-refractivity contribution in [2.45, 2.75) is 19.6 Å². The summed E-state index contributed by atoms with van der Waals surface area (Å²) in [5, 5.41) is 0. The van der Waals surface area contributed by atoms with Crippen LogP contribution in [0, 0.1) is 5.82 Å². The van der Waals surface area contributed by atoms with Crippen LogP contribution in [0.5, 0.6) is 11.5 Å². The molecule has 3 nitrogen and oxygen atoms in total. The number of nitrogens with zero attached hydrogens (tertiary/aromatic N) is 1. The van der Waals surface area contributed by atoms with E-state index in [2.05, 4.69) is 0 Å². The lowest BCUT2D eigenvalue weighted by Crippen LogP contribution is -2.19. The maximum Gasteiger partial charge on any atom is 0.416 e. The number of rotatable bonds is 5. The van der Waals surface area contributed by atoms with Crippen LogP contribution in [0.3, 0.4) is 0 Å². The summed E-state index contributed by atoms with van der Waals surface area (Å²) in [5.41, 5.74) is 1.01. The van der Waals surface area contributed by atoms with E-state index in [1.807, 2.05) is 37.1 Å². The predicted molar refractivity (Wildman–Crippen MR) is 94.0 cm³/mol. The van der Waals surface area contributed by atoms with Gasteiger partial charge in [0.2, 0.25) is 6.79 Å². The van der Waals surface area contributed by atoms with Crippen LogP contribution in [0.25, 0.3) is 6.08 Å². The minimum Gasteiger partial charge on any atom is -0.454 e. The minimum atomic E-state index is -4.55. The van der Waals surface area contributed by atoms with Crippen molar-refractivity contribution in [3.8, 4) is 11.5 Å². The molecule has 0 saturated heterocycles. The Hall–Kier alpha value is -2.54. The van der Waals surface area contributed by atoms with E-state index in [1.165, 1.54) is 0 Å². The Morgan fingerprint density at radius 1 is 1.11 bits per heavy atom. The second-order valence-electron chi connectivity index (χ2n) is 6.58. The molecule has 0 radical (unpaired) electrons. The number of fused-ring (bicyclic) bond motifs is 1. The summed E-state index contributed by atoms with van der Waals surface area (Å²) in [7, 11) is 1.91. The summed E-state index contributed by atoms with van der Waals surface area (Å²) >= 11 is 0. The maximum absolute atomic E-state index is 14.0. The van der Waals surface area contributed by atoms with Crippen LogP contribution in [0.2, 0.25) is 0 Å². The fraction of sp³-hybridized carbons (Fsp3) is 0.300. The van der Waals surface area contributed by atoms with Crippen LogP contribution in [0.4, 0.5) is 17.6 Å². The van der Waals surface area contributed by atoms with Crippen molar-refractivity contribution in [3.63, 3.8) is 0 Å². The SMILES string of the molecule is C/C(=C\c1ccc(C(F)(F)F)cc1F)CN(C)Cc1ccc2c(c1)OCO2. The van der Waals surface area contributed by atoms with E-state index in [9.17, 15) is 17.6 Å². The van der Waals surface area contributed by atoms with Gasteiger partial charge < -0.3 is 9.47 Å². The maximum atomic E-state index is 14.0. The normalized spacial score (nSPS) is 14.1. The molecule has 0 aliphatic carbocycles. The highest BCUT2D eigenvalue weighted by Gasteiger charge is 2.31. The van der Waals surface area contributed by atoms with Crippen LogP contribution in [-0.4, -0.2) is 25.3 Å². The van der Waals surface area contributed by atoms with Crippen molar-refractivity contribution in [3.05, 3.63) is 64.5 Å². The van der Waals surface area contributed by atoms with Gasteiger partial charge in [0.1, 0.15) is 5.82 Å². The Balaban J connectivity index is 1.65. The van der Waals surface area contributed by atoms with Gasteiger partial charge in [-0.05, 0) is 43.8 Å². The Labute approximate surface area is 154 Å². The third-order valence-electron chi connectivity index (χ3n) is 4.14. The molecule has 1 aliphatic rings. The van der Waals surface area contributed by atoms with Crippen molar-refractivity contribution >= 4 is 6.08 Å². The molecule has 0 fully saturated rings. The van der Waals surface area contributed by atoms with Crippen LogP contribution in [0.1, 0.15) is 23.6 Å². The zero-order valence-electron chi connectivity index (χ0n) is 14.9. The molecule has 27 heavy (non-hydrogen) atoms. The van der Waals surface area contributed by atoms with Gasteiger partial charge in [-0.25, -0.2) is 4.39 Å². The fourth-order valence-electron chi connectivity index (χ4n) is 2.96. The summed E-state index contributed by atoms with van der Waals surface area (Å²) in [6.07, 6.45) is -2.99. The molecule has 0 N–H and O–H groups in total. The molecule has 7 heteroatoms. The number of likely N-dealkylation sites (N-methyl/N-ethyl adjacent to an activating group) is 1. The van der Waals surface area contributed by atoms with Crippen LogP contribution >= 0.6 is 0 Å². The first-order valence-corrected chi connectivity index (χ1v) is 8.33. The summed E-state index contributed by atoms with van der Waals surface area (Å²) in [4.78, 5) is 2.02. The number of ether oxygens (including phenoxy) is 2. The highest BCUT2D eigenvalue weighted by Crippen LogP contribution is 2.33. The molecule has 3 rings (SSSR count). The molecule has 2 aromatic rings. The van der Waals surface area contributed by atoms with Crippen molar-refractivity contribution in [1.82, 2.24) is 4.90 Å². The molecule has 0 atom stereocenters. The number of halogens is 4. The third-order valence-corrected chi connectivity index (χ3v) is 4.14. The smallest absolute Gasteiger partial charge is 0.416 e. The lowest BCUT2D eigenvalue weighted by molar-refractivity contribution is -0.137. The molecule has 2 aromatic carbocycles. The zero-order valence-corrected chi connectivity index (χ0v) is 14.9. The van der Waals surface area contributed by atoms with Crippen molar-refractivity contribution in [2.24, 2.45) is 0 Å². The van der Waals surface area contributed by atoms with E-state index in [0.29, 0.717) is 24.9 Å². The van der Waals surface area contributed by atoms with Crippen LogP contribution in [0.15, 0.2) is 42.0 Å². The Bertz CT molecular complexity index is 862. The quantitative estimate of drug-likeness (QED) is 0.672. The second kappa shape index (κ2) is 7.60. The number of hydrogen-bond donors (Lipinski definition) is 0. The summed E-state index contributed by atoms with van der Waals surface area (Å²) < 4.78 is 62.5. The number of benzene rings is 2. The summed E-state index contributed by atoms with van der Waals surface area (Å²) in [6, 6.07) is 8.27. The van der Waals surface area contributed by atoms with Crippen LogP contribution in [-0.2, 0) is 12.7 Å². The molecule has 0 spiro atoms. The van der Waals surface area contributed by atoms with E-state index < -0.39 is 17.6 Å². The molecule has 144 valence electrons. The standard InChI is InChI=1S/C20H19F4NO2/c1-13(7-15-4-5-16(9-17(15)21)20(22,23)24)10-25(2)11-14-3-6-18-19(8-14)27-12-26-18/h3-9H,10-12H2,1-2H3/b13-7+. The van der Waals surface area contributed by atoms with Gasteiger partial charge in [-0.15, -0.1) is 0 Å². The highest BCUT2D eigenvalue weighted by atomic mass is 19.4. The van der Waals surface area contributed by atoms with Gasteiger partial charge in [-0.3, -0.25) is 4.90 Å². The summed E-state index contributed by atoms with van der Waals surface area (Å²) in [5.74, 6) is 0.540. The van der Waals surface area contributed by atoms with E-state index >= 15 is 0 Å². The first kappa shape index (κ1) is 19.2. The number of alkyl halides is 3. The molecular weight excluding hydrogens is 362 g/mol. The molecule has 0 unspecified atom stereocenters. The van der Waals surface area contributed by atoms with Gasteiger partial charge in [0.05, 0.1) is 5.56 Å². The molecular formula is C20H19F4NO2. The van der Waals surface area contributed by atoms with Gasteiger partial charge in [0.25, 0.3) is 0 Å². The van der Waals surface area contributed by atoms with Gasteiger partial charge in [0, 0.05) is 18.7 Å². The molecule has 1 aliphatic heterocycles. The minimum absolute atomic E-state index is 0.136. The van der Waals surface area contributed by atoms with Crippen LogP contribution < -0.4 is 9.47 Å². The molecule has 0 saturated carbocycles. The van der Waals surface area contributed by atoms with Gasteiger partial charge in [-0.1, -0.05) is 23.8 Å². The van der Waals surface area contributed by atoms with Gasteiger partial charge in [0.15, 0.2) is 11.5 Å². The fourth-order valence-corrected chi connectivity index (χ4v) is 2.96. The number of hydrogen-bond acceptors (Lipinski definition) is 3. The molecule has 1 heterocycles. The Kier molecular flexibility index (Phi) is 5.41.